The molecule has 0 atom stereocenters. The molecule has 0 aliphatic heterocycles. The summed E-state index contributed by atoms with van der Waals surface area (Å²) >= 11 is 0. The fourth-order valence-electron chi connectivity index (χ4n) is 3.17. The summed E-state index contributed by atoms with van der Waals surface area (Å²) in [6, 6.07) is 31.1. The highest BCUT2D eigenvalue weighted by atomic mass is 31.2. The summed E-state index contributed by atoms with van der Waals surface area (Å²) < 4.78 is 44.4. The van der Waals surface area contributed by atoms with Gasteiger partial charge in [0.05, 0.1) is 6.61 Å². The second kappa shape index (κ2) is 10.9. The van der Waals surface area contributed by atoms with Gasteiger partial charge in [0.2, 0.25) is 0 Å². The standard InChI is InChI=1S/C22H22O2P.BF4/c1-2-24-22(23)18-25(19-12-6-3-7-13-19,20-14-8-4-9-15-20)21-16-10-5-11-17-21;2-1(3,4)5/h3-17H,2,18H2,1H3;/q+1;-1. The maximum absolute atomic E-state index is 12.6. The number of carbonyl (C=O) groups excluding carboxylic acids is 1. The molecule has 0 amide bonds. The van der Waals surface area contributed by atoms with Crippen molar-refractivity contribution < 1.29 is 26.8 Å². The predicted octanol–water partition coefficient (Wildman–Crippen LogP) is 4.84. The third-order valence-corrected chi connectivity index (χ3v) is 8.53. The molecule has 30 heavy (non-hydrogen) atoms. The summed E-state index contributed by atoms with van der Waals surface area (Å²) in [7, 11) is -8.11. The van der Waals surface area contributed by atoms with Crippen molar-refractivity contribution in [3.63, 3.8) is 0 Å². The minimum absolute atomic E-state index is 0.146. The normalized spacial score (nSPS) is 11.2. The third kappa shape index (κ3) is 6.70. The van der Waals surface area contributed by atoms with Crippen molar-refractivity contribution in [2.75, 3.05) is 12.8 Å². The highest BCUT2D eigenvalue weighted by molar-refractivity contribution is 7.96. The van der Waals surface area contributed by atoms with Gasteiger partial charge in [-0.1, -0.05) is 54.6 Å². The lowest BCUT2D eigenvalue weighted by atomic mass is 10.3. The number of hydrogen-bond acceptors (Lipinski definition) is 2. The second-order valence-corrected chi connectivity index (χ2v) is 9.76. The minimum Gasteiger partial charge on any atom is -0.463 e. The van der Waals surface area contributed by atoms with Gasteiger partial charge in [-0.3, -0.25) is 0 Å². The monoisotopic (exact) mass is 436 g/mol. The maximum atomic E-state index is 12.6. The number of ether oxygens (including phenoxy) is 1. The van der Waals surface area contributed by atoms with E-state index in [1.54, 1.807) is 0 Å². The summed E-state index contributed by atoms with van der Waals surface area (Å²) in [5, 5.41) is 3.58. The van der Waals surface area contributed by atoms with Crippen LogP contribution < -0.4 is 15.9 Å². The Bertz CT molecular complexity index is 804. The van der Waals surface area contributed by atoms with Gasteiger partial charge in [-0.2, -0.15) is 0 Å². The van der Waals surface area contributed by atoms with Gasteiger partial charge in [-0.25, -0.2) is 4.79 Å². The van der Waals surface area contributed by atoms with E-state index in [1.807, 2.05) is 61.5 Å². The van der Waals surface area contributed by atoms with Crippen molar-refractivity contribution in [2.24, 2.45) is 0 Å². The van der Waals surface area contributed by atoms with E-state index in [2.05, 4.69) is 36.4 Å². The zero-order valence-electron chi connectivity index (χ0n) is 16.4. The van der Waals surface area contributed by atoms with Gasteiger partial charge in [0.15, 0.2) is 6.16 Å². The average Bonchev–Trinajstić information content (AvgIpc) is 2.73. The molecule has 2 nitrogen and oxygen atoms in total. The molecule has 0 aliphatic carbocycles. The van der Waals surface area contributed by atoms with Crippen LogP contribution in [0.3, 0.4) is 0 Å². The molecule has 3 rings (SSSR count). The van der Waals surface area contributed by atoms with Crippen molar-refractivity contribution in [1.29, 1.82) is 0 Å². The molecule has 0 N–H and O–H groups in total. The fraction of sp³-hybridized carbons (Fsp3) is 0.136. The molecular weight excluding hydrogens is 414 g/mol. The SMILES string of the molecule is CCOC(=O)C[P+](c1ccccc1)(c1ccccc1)c1ccccc1.F[B-](F)(F)F. The van der Waals surface area contributed by atoms with E-state index in [4.69, 9.17) is 4.74 Å². The fourth-order valence-corrected chi connectivity index (χ4v) is 7.13. The van der Waals surface area contributed by atoms with Crippen LogP contribution in [0.4, 0.5) is 17.3 Å². The first kappa shape index (κ1) is 23.6. The van der Waals surface area contributed by atoms with Crippen LogP contribution in [0.2, 0.25) is 0 Å². The van der Waals surface area contributed by atoms with Gasteiger partial charge < -0.3 is 22.0 Å². The van der Waals surface area contributed by atoms with Gasteiger partial charge in [-0.15, -0.1) is 0 Å². The van der Waals surface area contributed by atoms with Crippen LogP contribution >= 0.6 is 7.26 Å². The molecule has 0 fully saturated rings. The van der Waals surface area contributed by atoms with Gasteiger partial charge in [-0.05, 0) is 43.3 Å². The molecule has 0 aliphatic rings. The van der Waals surface area contributed by atoms with E-state index in [1.165, 1.54) is 15.9 Å². The molecule has 158 valence electrons. The quantitative estimate of drug-likeness (QED) is 0.239. The first-order chi connectivity index (χ1) is 14.3. The molecule has 8 heteroatoms. The Morgan fingerprint density at radius 1 is 0.733 bits per heavy atom. The van der Waals surface area contributed by atoms with E-state index in [0.29, 0.717) is 12.8 Å². The van der Waals surface area contributed by atoms with E-state index < -0.39 is 14.5 Å². The maximum Gasteiger partial charge on any atom is 0.673 e. The summed E-state index contributed by atoms with van der Waals surface area (Å²) in [4.78, 5) is 12.6. The number of carbonyl (C=O) groups is 1. The van der Waals surface area contributed by atoms with E-state index >= 15 is 0 Å². The van der Waals surface area contributed by atoms with Crippen molar-refractivity contribution >= 4 is 36.4 Å². The molecule has 3 aromatic carbocycles. The molecule has 0 radical (unpaired) electrons. The summed E-state index contributed by atoms with van der Waals surface area (Å²) in [6.45, 7) is 2.25. The first-order valence-corrected chi connectivity index (χ1v) is 11.3. The lowest BCUT2D eigenvalue weighted by Crippen LogP contribution is -2.36. The van der Waals surface area contributed by atoms with Crippen molar-refractivity contribution in [3.05, 3.63) is 91.0 Å². The van der Waals surface area contributed by atoms with Crippen molar-refractivity contribution in [1.82, 2.24) is 0 Å². The number of hydrogen-bond donors (Lipinski definition) is 0. The first-order valence-electron chi connectivity index (χ1n) is 9.35. The number of esters is 1. The highest BCUT2D eigenvalue weighted by Gasteiger charge is 2.47. The topological polar surface area (TPSA) is 26.3 Å². The molecule has 0 heterocycles. The Morgan fingerprint density at radius 3 is 1.30 bits per heavy atom. The Kier molecular flexibility index (Phi) is 8.61. The molecule has 0 saturated heterocycles. The molecule has 0 unspecified atom stereocenters. The molecule has 3 aromatic rings. The largest absolute Gasteiger partial charge is 0.673 e. The van der Waals surface area contributed by atoms with Crippen LogP contribution in [0.1, 0.15) is 6.92 Å². The van der Waals surface area contributed by atoms with E-state index in [0.717, 1.165) is 0 Å². The predicted molar refractivity (Wildman–Crippen MR) is 117 cm³/mol. The lowest BCUT2D eigenvalue weighted by molar-refractivity contribution is -0.139. The summed E-state index contributed by atoms with van der Waals surface area (Å²) in [5.74, 6) is -0.146. The second-order valence-electron chi connectivity index (χ2n) is 6.27. The number of benzene rings is 3. The highest BCUT2D eigenvalue weighted by Crippen LogP contribution is 2.55. The molecular formula is C22H22BF4O2P. The van der Waals surface area contributed by atoms with Gasteiger partial charge in [0.25, 0.3) is 0 Å². The van der Waals surface area contributed by atoms with Crippen LogP contribution in [0.5, 0.6) is 0 Å². The number of halogens is 4. The van der Waals surface area contributed by atoms with Gasteiger partial charge in [0, 0.05) is 0 Å². The smallest absolute Gasteiger partial charge is 0.463 e. The Labute approximate surface area is 174 Å². The average molecular weight is 436 g/mol. The zero-order valence-corrected chi connectivity index (χ0v) is 17.3. The molecule has 0 bridgehead atoms. The van der Waals surface area contributed by atoms with Crippen LogP contribution in [0, 0.1) is 0 Å². The van der Waals surface area contributed by atoms with Crippen LogP contribution in [0.15, 0.2) is 91.0 Å². The molecule has 0 saturated carbocycles. The van der Waals surface area contributed by atoms with E-state index in [-0.39, 0.29) is 5.97 Å². The Hall–Kier alpha value is -2.66. The molecule has 0 aromatic heterocycles. The van der Waals surface area contributed by atoms with E-state index in [9.17, 15) is 22.1 Å². The minimum atomic E-state index is -6.00. The van der Waals surface area contributed by atoms with Crippen LogP contribution in [0.25, 0.3) is 0 Å². The van der Waals surface area contributed by atoms with Crippen molar-refractivity contribution in [3.8, 4) is 0 Å². The number of rotatable bonds is 6. The van der Waals surface area contributed by atoms with Crippen molar-refractivity contribution in [2.45, 2.75) is 6.92 Å². The Balaban J connectivity index is 0.000000575. The third-order valence-electron chi connectivity index (χ3n) is 4.26. The van der Waals surface area contributed by atoms with Gasteiger partial charge >= 0.3 is 13.2 Å². The molecule has 0 spiro atoms. The summed E-state index contributed by atoms with van der Waals surface area (Å²) in [6.07, 6.45) is 0.374. The zero-order chi connectivity index (χ0) is 22.0. The summed E-state index contributed by atoms with van der Waals surface area (Å²) in [5.41, 5.74) is 0. The van der Waals surface area contributed by atoms with Crippen LogP contribution in [-0.4, -0.2) is 26.0 Å². The van der Waals surface area contributed by atoms with Gasteiger partial charge in [0.1, 0.15) is 23.2 Å². The Morgan fingerprint density at radius 2 is 1.03 bits per heavy atom. The van der Waals surface area contributed by atoms with Crippen LogP contribution in [-0.2, 0) is 9.53 Å². The lowest BCUT2D eigenvalue weighted by Gasteiger charge is -2.26.